The first-order valence-corrected chi connectivity index (χ1v) is 6.81. The number of carboxylic acid groups (broad SMARTS) is 1. The van der Waals surface area contributed by atoms with Gasteiger partial charge in [0, 0.05) is 11.4 Å². The number of benzene rings is 1. The molecule has 1 atom stereocenters. The summed E-state index contributed by atoms with van der Waals surface area (Å²) in [5.41, 5.74) is 5.97. The zero-order valence-electron chi connectivity index (χ0n) is 11.3. The van der Waals surface area contributed by atoms with Crippen molar-refractivity contribution in [2.75, 3.05) is 0 Å². The van der Waals surface area contributed by atoms with Gasteiger partial charge in [-0.15, -0.1) is 0 Å². The molecule has 21 heavy (non-hydrogen) atoms. The number of amides is 2. The number of hydrogen-bond donors (Lipinski definition) is 3. The van der Waals surface area contributed by atoms with Gasteiger partial charge in [-0.1, -0.05) is 23.7 Å². The van der Waals surface area contributed by atoms with Gasteiger partial charge in [-0.05, 0) is 30.5 Å². The summed E-state index contributed by atoms with van der Waals surface area (Å²) in [4.78, 5) is 33.2. The molecule has 0 aliphatic rings. The average molecular weight is 313 g/mol. The highest BCUT2D eigenvalue weighted by Crippen LogP contribution is 2.11. The first kappa shape index (κ1) is 17.0. The number of carboxylic acids is 1. The third-order valence-corrected chi connectivity index (χ3v) is 3.07. The SMILES string of the molecule is NC(=O)CC(NC(=O)CCCc1ccc(Cl)cc1)C(=O)O. The number of aliphatic carboxylic acids is 1. The predicted octanol–water partition coefficient (Wildman–Crippen LogP) is 1.11. The van der Waals surface area contributed by atoms with E-state index in [1.54, 1.807) is 12.1 Å². The van der Waals surface area contributed by atoms with E-state index in [4.69, 9.17) is 22.4 Å². The van der Waals surface area contributed by atoms with Crippen molar-refractivity contribution >= 4 is 29.4 Å². The van der Waals surface area contributed by atoms with Gasteiger partial charge in [-0.3, -0.25) is 9.59 Å². The standard InChI is InChI=1S/C14H17ClN2O4/c15-10-6-4-9(5-7-10)2-1-3-13(19)17-11(14(20)21)8-12(16)18/h4-7,11H,1-3,8H2,(H2,16,18)(H,17,19)(H,20,21). The van der Waals surface area contributed by atoms with Crippen molar-refractivity contribution in [1.29, 1.82) is 0 Å². The maximum absolute atomic E-state index is 11.6. The Bertz CT molecular complexity index is 516. The number of nitrogens with two attached hydrogens (primary N) is 1. The molecular weight excluding hydrogens is 296 g/mol. The lowest BCUT2D eigenvalue weighted by Gasteiger charge is -2.12. The third kappa shape index (κ3) is 6.76. The molecule has 0 spiro atoms. The molecule has 0 aliphatic heterocycles. The zero-order valence-corrected chi connectivity index (χ0v) is 12.1. The van der Waals surface area contributed by atoms with E-state index in [0.717, 1.165) is 5.56 Å². The number of primary amides is 1. The number of hydrogen-bond acceptors (Lipinski definition) is 3. The number of carbonyl (C=O) groups excluding carboxylic acids is 2. The number of halogens is 1. The van der Waals surface area contributed by atoms with Crippen LogP contribution in [0.1, 0.15) is 24.8 Å². The van der Waals surface area contributed by atoms with Crippen molar-refractivity contribution in [3.8, 4) is 0 Å². The van der Waals surface area contributed by atoms with Gasteiger partial charge < -0.3 is 16.2 Å². The summed E-state index contributed by atoms with van der Waals surface area (Å²) in [7, 11) is 0. The fourth-order valence-corrected chi connectivity index (χ4v) is 1.90. The van der Waals surface area contributed by atoms with Gasteiger partial charge in [0.1, 0.15) is 6.04 Å². The van der Waals surface area contributed by atoms with Crippen LogP contribution in [-0.2, 0) is 20.8 Å². The molecule has 6 nitrogen and oxygen atoms in total. The van der Waals surface area contributed by atoms with Crippen LogP contribution in [0, 0.1) is 0 Å². The number of aryl methyl sites for hydroxylation is 1. The molecule has 114 valence electrons. The Hall–Kier alpha value is -2.08. The molecular formula is C14H17ClN2O4. The van der Waals surface area contributed by atoms with Crippen LogP contribution in [0.15, 0.2) is 24.3 Å². The molecule has 0 aliphatic carbocycles. The lowest BCUT2D eigenvalue weighted by Crippen LogP contribution is -2.43. The third-order valence-electron chi connectivity index (χ3n) is 2.82. The zero-order chi connectivity index (χ0) is 15.8. The topological polar surface area (TPSA) is 109 Å². The van der Waals surface area contributed by atoms with Crippen LogP contribution >= 0.6 is 11.6 Å². The van der Waals surface area contributed by atoms with E-state index in [0.29, 0.717) is 17.9 Å². The van der Waals surface area contributed by atoms with Crippen molar-refractivity contribution in [3.63, 3.8) is 0 Å². The molecule has 1 unspecified atom stereocenters. The van der Waals surface area contributed by atoms with Crippen LogP contribution in [0.3, 0.4) is 0 Å². The molecule has 0 bridgehead atoms. The normalized spacial score (nSPS) is 11.7. The molecule has 0 radical (unpaired) electrons. The predicted molar refractivity (Wildman–Crippen MR) is 77.8 cm³/mol. The van der Waals surface area contributed by atoms with Crippen molar-refractivity contribution in [2.24, 2.45) is 5.73 Å². The second-order valence-corrected chi connectivity index (χ2v) is 5.05. The largest absolute Gasteiger partial charge is 0.480 e. The smallest absolute Gasteiger partial charge is 0.326 e. The number of rotatable bonds is 8. The monoisotopic (exact) mass is 312 g/mol. The summed E-state index contributed by atoms with van der Waals surface area (Å²) in [6.07, 6.45) is 0.998. The van der Waals surface area contributed by atoms with Gasteiger partial charge in [0.05, 0.1) is 6.42 Å². The van der Waals surface area contributed by atoms with Crippen LogP contribution in [0.2, 0.25) is 5.02 Å². The van der Waals surface area contributed by atoms with Gasteiger partial charge in [-0.2, -0.15) is 0 Å². The van der Waals surface area contributed by atoms with E-state index in [9.17, 15) is 14.4 Å². The summed E-state index contributed by atoms with van der Waals surface area (Å²) in [5.74, 6) is -2.47. The van der Waals surface area contributed by atoms with Crippen molar-refractivity contribution in [3.05, 3.63) is 34.9 Å². The van der Waals surface area contributed by atoms with E-state index in [1.165, 1.54) is 0 Å². The number of carbonyl (C=O) groups is 3. The molecule has 0 fully saturated rings. The Morgan fingerprint density at radius 3 is 2.38 bits per heavy atom. The summed E-state index contributed by atoms with van der Waals surface area (Å²) >= 11 is 5.77. The molecule has 1 aromatic carbocycles. The second kappa shape index (κ2) is 8.26. The summed E-state index contributed by atoms with van der Waals surface area (Å²) < 4.78 is 0. The molecule has 1 rings (SSSR count). The lowest BCUT2D eigenvalue weighted by atomic mass is 10.1. The number of nitrogens with one attached hydrogen (secondary N) is 1. The molecule has 0 heterocycles. The van der Waals surface area contributed by atoms with E-state index in [-0.39, 0.29) is 6.42 Å². The fourth-order valence-electron chi connectivity index (χ4n) is 1.77. The lowest BCUT2D eigenvalue weighted by molar-refractivity contribution is -0.143. The second-order valence-electron chi connectivity index (χ2n) is 4.61. The Morgan fingerprint density at radius 2 is 1.86 bits per heavy atom. The van der Waals surface area contributed by atoms with Gasteiger partial charge in [-0.25, -0.2) is 4.79 Å². The highest BCUT2D eigenvalue weighted by atomic mass is 35.5. The molecule has 2 amide bonds. The molecule has 0 aromatic heterocycles. The van der Waals surface area contributed by atoms with Crippen LogP contribution in [0.5, 0.6) is 0 Å². The van der Waals surface area contributed by atoms with Gasteiger partial charge in [0.2, 0.25) is 11.8 Å². The first-order valence-electron chi connectivity index (χ1n) is 6.43. The van der Waals surface area contributed by atoms with Crippen LogP contribution in [0.25, 0.3) is 0 Å². The van der Waals surface area contributed by atoms with E-state index in [1.807, 2.05) is 12.1 Å². The summed E-state index contributed by atoms with van der Waals surface area (Å²) in [6, 6.07) is 6.00. The molecule has 0 saturated heterocycles. The van der Waals surface area contributed by atoms with Crippen LogP contribution < -0.4 is 11.1 Å². The van der Waals surface area contributed by atoms with Gasteiger partial charge in [0.15, 0.2) is 0 Å². The Morgan fingerprint density at radius 1 is 1.24 bits per heavy atom. The Balaban J connectivity index is 2.37. The van der Waals surface area contributed by atoms with Gasteiger partial charge in [0.25, 0.3) is 0 Å². The molecule has 4 N–H and O–H groups in total. The van der Waals surface area contributed by atoms with Crippen molar-refractivity contribution in [1.82, 2.24) is 5.32 Å². The minimum Gasteiger partial charge on any atom is -0.480 e. The molecule has 1 aromatic rings. The fraction of sp³-hybridized carbons (Fsp3) is 0.357. The van der Waals surface area contributed by atoms with Crippen molar-refractivity contribution < 1.29 is 19.5 Å². The Kier molecular flexibility index (Phi) is 6.68. The molecule has 0 saturated carbocycles. The van der Waals surface area contributed by atoms with Crippen LogP contribution in [0.4, 0.5) is 0 Å². The maximum atomic E-state index is 11.6. The Labute approximate surface area is 127 Å². The van der Waals surface area contributed by atoms with Crippen molar-refractivity contribution in [2.45, 2.75) is 31.7 Å². The molecule has 7 heteroatoms. The quantitative estimate of drug-likeness (QED) is 0.667. The highest BCUT2D eigenvalue weighted by molar-refractivity contribution is 6.30. The van der Waals surface area contributed by atoms with Crippen LogP contribution in [-0.4, -0.2) is 28.9 Å². The minimum absolute atomic E-state index is 0.172. The maximum Gasteiger partial charge on any atom is 0.326 e. The first-order chi connectivity index (χ1) is 9.88. The van der Waals surface area contributed by atoms with E-state index >= 15 is 0 Å². The summed E-state index contributed by atoms with van der Waals surface area (Å²) in [6.45, 7) is 0. The highest BCUT2D eigenvalue weighted by Gasteiger charge is 2.21. The summed E-state index contributed by atoms with van der Waals surface area (Å²) in [5, 5.41) is 11.8. The van der Waals surface area contributed by atoms with Gasteiger partial charge >= 0.3 is 5.97 Å². The van der Waals surface area contributed by atoms with E-state index in [2.05, 4.69) is 5.32 Å². The van der Waals surface area contributed by atoms with E-state index < -0.39 is 30.2 Å². The minimum atomic E-state index is -1.28. The average Bonchev–Trinajstić information content (AvgIpc) is 2.39.